The Morgan fingerprint density at radius 2 is 2.00 bits per heavy atom. The zero-order valence-electron chi connectivity index (χ0n) is 14.5. The molecule has 7 heteroatoms. The van der Waals surface area contributed by atoms with Gasteiger partial charge in [0, 0.05) is 26.1 Å². The van der Waals surface area contributed by atoms with Gasteiger partial charge in [-0.3, -0.25) is 4.79 Å². The Bertz CT molecular complexity index is 733. The zero-order valence-corrected chi connectivity index (χ0v) is 15.4. The standard InChI is InChI=1S/C18H27N3O3S/c19-12-14-8-10-21(13-14)18(22)7-9-20-25(23,24)17-6-5-15-3-1-2-4-16(15)11-17/h5-6,11,14,20H,1-4,7-10,12-13,19H2. The Kier molecular flexibility index (Phi) is 5.76. The lowest BCUT2D eigenvalue weighted by molar-refractivity contribution is -0.130. The average molecular weight is 365 g/mol. The van der Waals surface area contributed by atoms with Crippen LogP contribution in [0.1, 0.15) is 36.8 Å². The summed E-state index contributed by atoms with van der Waals surface area (Å²) in [4.78, 5) is 14.2. The van der Waals surface area contributed by atoms with Gasteiger partial charge in [0.05, 0.1) is 4.90 Å². The molecular formula is C18H27N3O3S. The number of carbonyl (C=O) groups excluding carboxylic acids is 1. The number of sulfonamides is 1. The number of carbonyl (C=O) groups is 1. The smallest absolute Gasteiger partial charge is 0.240 e. The summed E-state index contributed by atoms with van der Waals surface area (Å²) in [6.45, 7) is 2.13. The van der Waals surface area contributed by atoms with Crippen LogP contribution in [-0.2, 0) is 27.7 Å². The summed E-state index contributed by atoms with van der Waals surface area (Å²) in [6, 6.07) is 5.37. The number of nitrogens with one attached hydrogen (secondary N) is 1. The molecule has 1 fully saturated rings. The highest BCUT2D eigenvalue weighted by Gasteiger charge is 2.25. The van der Waals surface area contributed by atoms with E-state index in [1.807, 2.05) is 6.07 Å². The molecule has 0 bridgehead atoms. The van der Waals surface area contributed by atoms with E-state index in [-0.39, 0.29) is 18.9 Å². The van der Waals surface area contributed by atoms with Gasteiger partial charge in [-0.15, -0.1) is 0 Å². The Morgan fingerprint density at radius 1 is 1.24 bits per heavy atom. The van der Waals surface area contributed by atoms with E-state index in [0.717, 1.165) is 37.8 Å². The van der Waals surface area contributed by atoms with Gasteiger partial charge in [-0.05, 0) is 67.8 Å². The van der Waals surface area contributed by atoms with Gasteiger partial charge >= 0.3 is 0 Å². The number of likely N-dealkylation sites (tertiary alicyclic amines) is 1. The topological polar surface area (TPSA) is 92.5 Å². The molecule has 0 aromatic heterocycles. The predicted octanol–water partition coefficient (Wildman–Crippen LogP) is 1.04. The number of nitrogens with two attached hydrogens (primary N) is 1. The molecule has 1 unspecified atom stereocenters. The molecule has 1 amide bonds. The van der Waals surface area contributed by atoms with Gasteiger partial charge in [-0.2, -0.15) is 0 Å². The highest BCUT2D eigenvalue weighted by molar-refractivity contribution is 7.89. The molecule has 25 heavy (non-hydrogen) atoms. The van der Waals surface area contributed by atoms with Crippen LogP contribution in [0.5, 0.6) is 0 Å². The first-order chi connectivity index (χ1) is 12.0. The number of fused-ring (bicyclic) bond motifs is 1. The van der Waals surface area contributed by atoms with Crippen molar-refractivity contribution in [2.75, 3.05) is 26.2 Å². The van der Waals surface area contributed by atoms with Crippen LogP contribution in [-0.4, -0.2) is 45.4 Å². The number of hydrogen-bond donors (Lipinski definition) is 2. The van der Waals surface area contributed by atoms with E-state index < -0.39 is 10.0 Å². The highest BCUT2D eigenvalue weighted by atomic mass is 32.2. The van der Waals surface area contributed by atoms with Crippen molar-refractivity contribution in [3.8, 4) is 0 Å². The molecule has 1 atom stereocenters. The largest absolute Gasteiger partial charge is 0.342 e. The van der Waals surface area contributed by atoms with Crippen LogP contribution in [0, 0.1) is 5.92 Å². The number of rotatable bonds is 6. The Morgan fingerprint density at radius 3 is 2.72 bits per heavy atom. The van der Waals surface area contributed by atoms with E-state index >= 15 is 0 Å². The molecular weight excluding hydrogens is 338 g/mol. The van der Waals surface area contributed by atoms with E-state index in [1.165, 1.54) is 12.0 Å². The van der Waals surface area contributed by atoms with Crippen molar-refractivity contribution in [1.82, 2.24) is 9.62 Å². The second kappa shape index (κ2) is 7.85. The molecule has 0 radical (unpaired) electrons. The minimum absolute atomic E-state index is 0.0101. The van der Waals surface area contributed by atoms with Gasteiger partial charge in [-0.1, -0.05) is 6.07 Å². The summed E-state index contributed by atoms with van der Waals surface area (Å²) >= 11 is 0. The molecule has 1 heterocycles. The quantitative estimate of drug-likeness (QED) is 0.788. The van der Waals surface area contributed by atoms with Crippen LogP contribution in [0.2, 0.25) is 0 Å². The van der Waals surface area contributed by atoms with Crippen LogP contribution in [0.3, 0.4) is 0 Å². The molecule has 1 aliphatic heterocycles. The monoisotopic (exact) mass is 365 g/mol. The molecule has 1 aliphatic carbocycles. The third kappa shape index (κ3) is 4.40. The lowest BCUT2D eigenvalue weighted by Gasteiger charge is -2.18. The van der Waals surface area contributed by atoms with E-state index in [9.17, 15) is 13.2 Å². The van der Waals surface area contributed by atoms with Gasteiger partial charge in [0.2, 0.25) is 15.9 Å². The fraction of sp³-hybridized carbons (Fsp3) is 0.611. The maximum absolute atomic E-state index is 12.5. The minimum Gasteiger partial charge on any atom is -0.342 e. The normalized spacial score (nSPS) is 20.5. The molecule has 2 aliphatic rings. The van der Waals surface area contributed by atoms with Crippen LogP contribution in [0.15, 0.2) is 23.1 Å². The molecule has 6 nitrogen and oxygen atoms in total. The number of benzene rings is 1. The van der Waals surface area contributed by atoms with Crippen molar-refractivity contribution in [1.29, 1.82) is 0 Å². The van der Waals surface area contributed by atoms with Gasteiger partial charge in [-0.25, -0.2) is 13.1 Å². The number of hydrogen-bond acceptors (Lipinski definition) is 4. The molecule has 138 valence electrons. The SMILES string of the molecule is NCC1CCN(C(=O)CCNS(=O)(=O)c2ccc3c(c2)CCCC3)C1. The maximum atomic E-state index is 12.5. The van der Waals surface area contributed by atoms with Crippen molar-refractivity contribution < 1.29 is 13.2 Å². The minimum atomic E-state index is -3.57. The third-order valence-electron chi connectivity index (χ3n) is 5.23. The summed E-state index contributed by atoms with van der Waals surface area (Å²) in [5.41, 5.74) is 8.02. The fourth-order valence-electron chi connectivity index (χ4n) is 3.66. The molecule has 3 N–H and O–H groups in total. The Balaban J connectivity index is 1.54. The summed E-state index contributed by atoms with van der Waals surface area (Å²) in [7, 11) is -3.57. The van der Waals surface area contributed by atoms with Crippen molar-refractivity contribution in [2.45, 2.75) is 43.4 Å². The summed E-state index contributed by atoms with van der Waals surface area (Å²) in [5, 5.41) is 0. The van der Waals surface area contributed by atoms with Crippen molar-refractivity contribution in [3.05, 3.63) is 29.3 Å². The van der Waals surface area contributed by atoms with Gasteiger partial charge in [0.15, 0.2) is 0 Å². The van der Waals surface area contributed by atoms with Crippen LogP contribution < -0.4 is 10.5 Å². The number of amides is 1. The van der Waals surface area contributed by atoms with Crippen LogP contribution >= 0.6 is 0 Å². The lowest BCUT2D eigenvalue weighted by atomic mass is 9.92. The second-order valence-corrected chi connectivity index (χ2v) is 8.78. The zero-order chi connectivity index (χ0) is 17.9. The van der Waals surface area contributed by atoms with Gasteiger partial charge in [0.25, 0.3) is 0 Å². The van der Waals surface area contributed by atoms with E-state index in [0.29, 0.717) is 23.9 Å². The third-order valence-corrected chi connectivity index (χ3v) is 6.69. The van der Waals surface area contributed by atoms with Crippen molar-refractivity contribution in [2.24, 2.45) is 11.7 Å². The van der Waals surface area contributed by atoms with Crippen LogP contribution in [0.25, 0.3) is 0 Å². The number of aryl methyl sites for hydroxylation is 2. The first-order valence-electron chi connectivity index (χ1n) is 9.09. The van der Waals surface area contributed by atoms with E-state index in [4.69, 9.17) is 5.73 Å². The highest BCUT2D eigenvalue weighted by Crippen LogP contribution is 2.24. The maximum Gasteiger partial charge on any atom is 0.240 e. The van der Waals surface area contributed by atoms with Crippen molar-refractivity contribution in [3.63, 3.8) is 0 Å². The summed E-state index contributed by atoms with van der Waals surface area (Å²) in [6.07, 6.45) is 5.36. The van der Waals surface area contributed by atoms with E-state index in [1.54, 1.807) is 17.0 Å². The molecule has 3 rings (SSSR count). The molecule has 1 saturated heterocycles. The first-order valence-corrected chi connectivity index (χ1v) is 10.6. The molecule has 1 aromatic rings. The van der Waals surface area contributed by atoms with Crippen LogP contribution in [0.4, 0.5) is 0 Å². The second-order valence-electron chi connectivity index (χ2n) is 7.02. The van der Waals surface area contributed by atoms with Crippen molar-refractivity contribution >= 4 is 15.9 Å². The molecule has 0 saturated carbocycles. The summed E-state index contributed by atoms with van der Waals surface area (Å²) in [5.74, 6) is 0.361. The van der Waals surface area contributed by atoms with Gasteiger partial charge < -0.3 is 10.6 Å². The molecule has 1 aromatic carbocycles. The first kappa shape index (κ1) is 18.4. The van der Waals surface area contributed by atoms with Gasteiger partial charge in [0.1, 0.15) is 0 Å². The van der Waals surface area contributed by atoms with E-state index in [2.05, 4.69) is 4.72 Å². The Labute approximate surface area is 149 Å². The Hall–Kier alpha value is -1.44. The lowest BCUT2D eigenvalue weighted by Crippen LogP contribution is -2.33. The fourth-order valence-corrected chi connectivity index (χ4v) is 4.74. The number of nitrogens with zero attached hydrogens (tertiary/aromatic N) is 1. The molecule has 0 spiro atoms. The summed E-state index contributed by atoms with van der Waals surface area (Å²) < 4.78 is 27.5. The average Bonchev–Trinajstić information content (AvgIpc) is 3.10. The predicted molar refractivity (Wildman–Crippen MR) is 96.6 cm³/mol.